The normalized spacial score (nSPS) is 12.2. The number of nitrogens with one attached hydrogen (secondary N) is 1. The Kier molecular flexibility index (Phi) is 4.06. The van der Waals surface area contributed by atoms with Gasteiger partial charge in [0.2, 0.25) is 0 Å². The lowest BCUT2D eigenvalue weighted by Gasteiger charge is -2.20. The Labute approximate surface area is 113 Å². The molecule has 102 valence electrons. The van der Waals surface area contributed by atoms with E-state index in [1.165, 1.54) is 0 Å². The number of ether oxygens (including phenoxy) is 2. The van der Waals surface area contributed by atoms with Crippen LogP contribution >= 0.6 is 0 Å². The summed E-state index contributed by atoms with van der Waals surface area (Å²) in [5.41, 5.74) is 2.13. The minimum atomic E-state index is 0.0216. The molecule has 0 radical (unpaired) electrons. The van der Waals surface area contributed by atoms with Crippen LogP contribution in [0.25, 0.3) is 0 Å². The molecule has 1 aromatic carbocycles. The SMILES string of the molecule is CNC(c1ccc(OC)cc1OC)c1cncn1C. The highest BCUT2D eigenvalue weighted by molar-refractivity contribution is 5.45. The first-order valence-corrected chi connectivity index (χ1v) is 6.06. The van der Waals surface area contributed by atoms with Gasteiger partial charge in [0.15, 0.2) is 0 Å². The third-order valence-corrected chi connectivity index (χ3v) is 3.19. The quantitative estimate of drug-likeness (QED) is 0.890. The van der Waals surface area contributed by atoms with Crippen LogP contribution in [-0.2, 0) is 7.05 Å². The van der Waals surface area contributed by atoms with Crippen LogP contribution in [-0.4, -0.2) is 30.8 Å². The van der Waals surface area contributed by atoms with Gasteiger partial charge in [0.1, 0.15) is 11.5 Å². The number of methoxy groups -OCH3 is 2. The number of aromatic nitrogens is 2. The van der Waals surface area contributed by atoms with Gasteiger partial charge < -0.3 is 19.4 Å². The number of rotatable bonds is 5. The summed E-state index contributed by atoms with van der Waals surface area (Å²) in [6, 6.07) is 5.84. The second-order valence-corrected chi connectivity index (χ2v) is 4.26. The van der Waals surface area contributed by atoms with E-state index in [-0.39, 0.29) is 6.04 Å². The lowest BCUT2D eigenvalue weighted by Crippen LogP contribution is -2.20. The van der Waals surface area contributed by atoms with Gasteiger partial charge in [-0.2, -0.15) is 0 Å². The van der Waals surface area contributed by atoms with Gasteiger partial charge in [0.05, 0.1) is 38.5 Å². The molecule has 0 fully saturated rings. The van der Waals surface area contributed by atoms with E-state index in [4.69, 9.17) is 9.47 Å². The number of benzene rings is 1. The lowest BCUT2D eigenvalue weighted by atomic mass is 10.0. The van der Waals surface area contributed by atoms with Crippen LogP contribution in [0, 0.1) is 0 Å². The zero-order valence-electron chi connectivity index (χ0n) is 11.7. The highest BCUT2D eigenvalue weighted by atomic mass is 16.5. The third-order valence-electron chi connectivity index (χ3n) is 3.19. The van der Waals surface area contributed by atoms with Crippen molar-refractivity contribution in [1.82, 2.24) is 14.9 Å². The Morgan fingerprint density at radius 2 is 2.05 bits per heavy atom. The first kappa shape index (κ1) is 13.4. The van der Waals surface area contributed by atoms with Crippen molar-refractivity contribution < 1.29 is 9.47 Å². The van der Waals surface area contributed by atoms with Crippen molar-refractivity contribution >= 4 is 0 Å². The minimum absolute atomic E-state index is 0.0216. The van der Waals surface area contributed by atoms with Gasteiger partial charge in [-0.05, 0) is 19.2 Å². The molecule has 0 aliphatic heterocycles. The number of nitrogens with zero attached hydrogens (tertiary/aromatic N) is 2. The summed E-state index contributed by atoms with van der Waals surface area (Å²) in [6.45, 7) is 0. The molecule has 0 saturated carbocycles. The Hall–Kier alpha value is -2.01. The maximum atomic E-state index is 5.46. The zero-order valence-corrected chi connectivity index (χ0v) is 11.7. The van der Waals surface area contributed by atoms with E-state index >= 15 is 0 Å². The van der Waals surface area contributed by atoms with Crippen LogP contribution in [0.2, 0.25) is 0 Å². The molecule has 5 heteroatoms. The highest BCUT2D eigenvalue weighted by Crippen LogP contribution is 2.32. The van der Waals surface area contributed by atoms with Crippen molar-refractivity contribution in [2.45, 2.75) is 6.04 Å². The van der Waals surface area contributed by atoms with Gasteiger partial charge in [-0.1, -0.05) is 0 Å². The molecule has 0 bridgehead atoms. The second-order valence-electron chi connectivity index (χ2n) is 4.26. The predicted octanol–water partition coefficient (Wildman–Crippen LogP) is 1.75. The van der Waals surface area contributed by atoms with Crippen LogP contribution in [0.5, 0.6) is 11.5 Å². The molecular weight excluding hydrogens is 242 g/mol. The molecule has 0 spiro atoms. The number of hydrogen-bond acceptors (Lipinski definition) is 4. The topological polar surface area (TPSA) is 48.3 Å². The molecule has 2 aromatic rings. The van der Waals surface area contributed by atoms with Crippen molar-refractivity contribution in [2.75, 3.05) is 21.3 Å². The van der Waals surface area contributed by atoms with Crippen molar-refractivity contribution in [3.05, 3.63) is 42.0 Å². The van der Waals surface area contributed by atoms with Crippen molar-refractivity contribution in [2.24, 2.45) is 7.05 Å². The summed E-state index contributed by atoms with van der Waals surface area (Å²) < 4.78 is 12.7. The van der Waals surface area contributed by atoms with Gasteiger partial charge in [-0.25, -0.2) is 4.98 Å². The van der Waals surface area contributed by atoms with Crippen molar-refractivity contribution in [1.29, 1.82) is 0 Å². The number of aryl methyl sites for hydroxylation is 1. The third kappa shape index (κ3) is 2.56. The second kappa shape index (κ2) is 5.75. The van der Waals surface area contributed by atoms with Gasteiger partial charge in [0.25, 0.3) is 0 Å². The summed E-state index contributed by atoms with van der Waals surface area (Å²) >= 11 is 0. The Bertz CT molecular complexity index is 551. The van der Waals surface area contributed by atoms with Gasteiger partial charge in [-0.15, -0.1) is 0 Å². The smallest absolute Gasteiger partial charge is 0.127 e. The van der Waals surface area contributed by atoms with E-state index in [9.17, 15) is 0 Å². The van der Waals surface area contributed by atoms with Crippen LogP contribution < -0.4 is 14.8 Å². The van der Waals surface area contributed by atoms with Crippen LogP contribution in [0.1, 0.15) is 17.3 Å². The summed E-state index contributed by atoms with van der Waals surface area (Å²) in [5, 5.41) is 3.29. The zero-order chi connectivity index (χ0) is 13.8. The first-order valence-electron chi connectivity index (χ1n) is 6.06. The molecule has 1 unspecified atom stereocenters. The molecule has 0 aliphatic carbocycles. The van der Waals surface area contributed by atoms with Crippen LogP contribution in [0.4, 0.5) is 0 Å². The summed E-state index contributed by atoms with van der Waals surface area (Å²) in [6.07, 6.45) is 3.64. The fourth-order valence-corrected chi connectivity index (χ4v) is 2.17. The largest absolute Gasteiger partial charge is 0.497 e. The molecule has 19 heavy (non-hydrogen) atoms. The Morgan fingerprint density at radius 1 is 1.26 bits per heavy atom. The maximum Gasteiger partial charge on any atom is 0.127 e. The van der Waals surface area contributed by atoms with E-state index in [0.29, 0.717) is 0 Å². The van der Waals surface area contributed by atoms with E-state index in [1.807, 2.05) is 43.1 Å². The monoisotopic (exact) mass is 261 g/mol. The van der Waals surface area contributed by atoms with Crippen molar-refractivity contribution in [3.8, 4) is 11.5 Å². The standard InChI is InChI=1S/C14H19N3O2/c1-15-14(12-8-16-9-17(12)2)11-6-5-10(18-3)7-13(11)19-4/h5-9,14-15H,1-4H3. The molecule has 0 saturated heterocycles. The molecule has 1 aromatic heterocycles. The first-order chi connectivity index (χ1) is 9.21. The molecule has 5 nitrogen and oxygen atoms in total. The van der Waals surface area contributed by atoms with Crippen LogP contribution in [0.15, 0.2) is 30.7 Å². The maximum absolute atomic E-state index is 5.46. The van der Waals surface area contributed by atoms with E-state index in [1.54, 1.807) is 20.5 Å². The summed E-state index contributed by atoms with van der Waals surface area (Å²) in [7, 11) is 7.20. The molecular formula is C14H19N3O2. The van der Waals surface area contributed by atoms with E-state index in [2.05, 4.69) is 10.3 Å². The molecule has 0 amide bonds. The fourth-order valence-electron chi connectivity index (χ4n) is 2.17. The summed E-state index contributed by atoms with van der Waals surface area (Å²) in [4.78, 5) is 4.16. The molecule has 0 aliphatic rings. The Morgan fingerprint density at radius 3 is 2.58 bits per heavy atom. The predicted molar refractivity (Wildman–Crippen MR) is 73.7 cm³/mol. The number of hydrogen-bond donors (Lipinski definition) is 1. The van der Waals surface area contributed by atoms with E-state index < -0.39 is 0 Å². The molecule has 1 atom stereocenters. The van der Waals surface area contributed by atoms with Gasteiger partial charge in [-0.3, -0.25) is 0 Å². The van der Waals surface area contributed by atoms with E-state index in [0.717, 1.165) is 22.8 Å². The van der Waals surface area contributed by atoms with Gasteiger partial charge in [0, 0.05) is 18.7 Å². The fraction of sp³-hybridized carbons (Fsp3) is 0.357. The average Bonchev–Trinajstić information content (AvgIpc) is 2.86. The Balaban J connectivity index is 2.46. The lowest BCUT2D eigenvalue weighted by molar-refractivity contribution is 0.387. The summed E-state index contributed by atoms with van der Waals surface area (Å²) in [5.74, 6) is 1.57. The molecule has 1 heterocycles. The van der Waals surface area contributed by atoms with Crippen molar-refractivity contribution in [3.63, 3.8) is 0 Å². The van der Waals surface area contributed by atoms with Gasteiger partial charge >= 0.3 is 0 Å². The minimum Gasteiger partial charge on any atom is -0.497 e. The van der Waals surface area contributed by atoms with Crippen LogP contribution in [0.3, 0.4) is 0 Å². The average molecular weight is 261 g/mol. The molecule has 2 rings (SSSR count). The molecule has 1 N–H and O–H groups in total. The number of imidazole rings is 1. The highest BCUT2D eigenvalue weighted by Gasteiger charge is 2.19.